The van der Waals surface area contributed by atoms with E-state index >= 15 is 0 Å². The summed E-state index contributed by atoms with van der Waals surface area (Å²) in [5.41, 5.74) is -0.262. The van der Waals surface area contributed by atoms with E-state index in [1.54, 1.807) is 0 Å². The molecule has 1 aromatic rings. The molecular weight excluding hydrogens is 437 g/mol. The zero-order valence-corrected chi connectivity index (χ0v) is 15.3. The predicted octanol–water partition coefficient (Wildman–Crippen LogP) is 0.430. The minimum atomic E-state index is -3.77. The van der Waals surface area contributed by atoms with E-state index in [9.17, 15) is 18.5 Å². The second-order valence-corrected chi connectivity index (χ2v) is 6.36. The third kappa shape index (κ3) is 5.91. The van der Waals surface area contributed by atoms with Crippen LogP contribution in [0.15, 0.2) is 34.2 Å². The number of hydrogen-bond acceptors (Lipinski definition) is 7. The molecule has 1 aliphatic heterocycles. The summed E-state index contributed by atoms with van der Waals surface area (Å²) in [6.07, 6.45) is 0.977. The Morgan fingerprint density at radius 2 is 2.13 bits per heavy atom. The molecule has 1 aromatic carbocycles. The van der Waals surface area contributed by atoms with Crippen molar-refractivity contribution in [3.63, 3.8) is 0 Å². The van der Waals surface area contributed by atoms with Crippen LogP contribution in [0.25, 0.3) is 0 Å². The lowest BCUT2D eigenvalue weighted by atomic mass is 10.3. The molecule has 0 saturated carbocycles. The number of hydrogen-bond donors (Lipinski definition) is 3. The Kier molecular flexibility index (Phi) is 7.64. The number of nitro groups is 1. The number of nitrogens with one attached hydrogen (secondary N) is 3. The van der Waals surface area contributed by atoms with Gasteiger partial charge in [0.05, 0.1) is 9.82 Å². The number of non-ortho nitro benzene ring substituents is 1. The van der Waals surface area contributed by atoms with Crippen molar-refractivity contribution in [1.82, 2.24) is 15.4 Å². The van der Waals surface area contributed by atoms with Crippen molar-refractivity contribution in [3.05, 3.63) is 34.4 Å². The van der Waals surface area contributed by atoms with E-state index in [4.69, 9.17) is 0 Å². The van der Waals surface area contributed by atoms with Gasteiger partial charge in [-0.1, -0.05) is 6.07 Å². The summed E-state index contributed by atoms with van der Waals surface area (Å²) in [5.74, 6) is 0.654. The monoisotopic (exact) mass is 455 g/mol. The normalized spacial score (nSPS) is 14.2. The fourth-order valence-corrected chi connectivity index (χ4v) is 2.94. The SMILES string of the molecule is I.O=[N+]([O-])c1cccc(S(=O)(=O)NCCNC2=NCCCN2)c1. The van der Waals surface area contributed by atoms with Crippen molar-refractivity contribution in [1.29, 1.82) is 0 Å². The summed E-state index contributed by atoms with van der Waals surface area (Å²) in [4.78, 5) is 14.1. The lowest BCUT2D eigenvalue weighted by Crippen LogP contribution is -2.43. The van der Waals surface area contributed by atoms with Crippen molar-refractivity contribution in [2.24, 2.45) is 4.99 Å². The van der Waals surface area contributed by atoms with Crippen molar-refractivity contribution in [2.75, 3.05) is 26.2 Å². The molecule has 1 aliphatic rings. The first-order valence-corrected chi connectivity index (χ1v) is 8.24. The maximum Gasteiger partial charge on any atom is 0.270 e. The van der Waals surface area contributed by atoms with Gasteiger partial charge in [-0.2, -0.15) is 0 Å². The van der Waals surface area contributed by atoms with Gasteiger partial charge < -0.3 is 10.6 Å². The molecule has 0 radical (unpaired) electrons. The van der Waals surface area contributed by atoms with Gasteiger partial charge in [0.25, 0.3) is 5.69 Å². The summed E-state index contributed by atoms with van der Waals surface area (Å²) >= 11 is 0. The molecule has 0 unspecified atom stereocenters. The average Bonchev–Trinajstić information content (AvgIpc) is 2.53. The van der Waals surface area contributed by atoms with Crippen LogP contribution in [0.2, 0.25) is 0 Å². The fourth-order valence-electron chi connectivity index (χ4n) is 1.86. The predicted molar refractivity (Wildman–Crippen MR) is 96.6 cm³/mol. The van der Waals surface area contributed by atoms with E-state index in [0.29, 0.717) is 12.5 Å². The highest BCUT2D eigenvalue weighted by atomic mass is 127. The average molecular weight is 455 g/mol. The number of nitro benzene ring substituents is 1. The maximum absolute atomic E-state index is 12.1. The Morgan fingerprint density at radius 3 is 2.78 bits per heavy atom. The van der Waals surface area contributed by atoms with E-state index in [-0.39, 0.29) is 41.1 Å². The van der Waals surface area contributed by atoms with Gasteiger partial charge in [0.2, 0.25) is 10.0 Å². The largest absolute Gasteiger partial charge is 0.356 e. The van der Waals surface area contributed by atoms with Crippen LogP contribution in [0.3, 0.4) is 0 Å². The van der Waals surface area contributed by atoms with Gasteiger partial charge in [-0.25, -0.2) is 13.1 Å². The Bertz CT molecular complexity index is 680. The van der Waals surface area contributed by atoms with Crippen molar-refractivity contribution in [2.45, 2.75) is 11.3 Å². The minimum Gasteiger partial charge on any atom is -0.356 e. The molecule has 23 heavy (non-hydrogen) atoms. The van der Waals surface area contributed by atoms with Crippen LogP contribution in [0.4, 0.5) is 5.69 Å². The number of benzene rings is 1. The molecule has 9 nitrogen and oxygen atoms in total. The summed E-state index contributed by atoms with van der Waals surface area (Å²) in [5, 5.41) is 16.7. The Morgan fingerprint density at radius 1 is 1.35 bits per heavy atom. The lowest BCUT2D eigenvalue weighted by molar-refractivity contribution is -0.385. The molecule has 1 heterocycles. The van der Waals surface area contributed by atoms with E-state index < -0.39 is 14.9 Å². The highest BCUT2D eigenvalue weighted by Crippen LogP contribution is 2.16. The second kappa shape index (κ2) is 8.98. The molecule has 0 atom stereocenters. The van der Waals surface area contributed by atoms with Gasteiger partial charge in [0.15, 0.2) is 5.96 Å². The Balaban J connectivity index is 0.00000264. The lowest BCUT2D eigenvalue weighted by Gasteiger charge is -2.16. The highest BCUT2D eigenvalue weighted by Gasteiger charge is 2.17. The number of sulfonamides is 1. The van der Waals surface area contributed by atoms with E-state index in [1.165, 1.54) is 18.2 Å². The maximum atomic E-state index is 12.1. The summed E-state index contributed by atoms with van der Waals surface area (Å²) in [6.45, 7) is 2.09. The Hall–Kier alpha value is -1.47. The van der Waals surface area contributed by atoms with Gasteiger partial charge in [0.1, 0.15) is 0 Å². The van der Waals surface area contributed by atoms with Gasteiger partial charge in [0, 0.05) is 38.3 Å². The molecule has 3 N–H and O–H groups in total. The summed E-state index contributed by atoms with van der Waals surface area (Å²) in [6, 6.07) is 4.93. The number of aliphatic imine (C=N–C) groups is 1. The number of halogens is 1. The van der Waals surface area contributed by atoms with Gasteiger partial charge in [-0.15, -0.1) is 24.0 Å². The topological polar surface area (TPSA) is 126 Å². The molecule has 0 saturated heterocycles. The van der Waals surface area contributed by atoms with Crippen LogP contribution < -0.4 is 15.4 Å². The fraction of sp³-hybridized carbons (Fsp3) is 0.417. The standard InChI is InChI=1S/C12H17N5O4S.HI/c18-17(19)10-3-1-4-11(9-10)22(20,21)16-8-7-15-12-13-5-2-6-14-12;/h1,3-4,9,16H,2,5-8H2,(H2,13,14,15);1H. The number of guanidine groups is 1. The zero-order valence-electron chi connectivity index (χ0n) is 12.2. The molecule has 2 rings (SSSR count). The minimum absolute atomic E-state index is 0. The van der Waals surface area contributed by atoms with Crippen LogP contribution in [0, 0.1) is 10.1 Å². The van der Waals surface area contributed by atoms with Crippen molar-refractivity contribution in [3.8, 4) is 0 Å². The van der Waals surface area contributed by atoms with Crippen LogP contribution in [0.5, 0.6) is 0 Å². The summed E-state index contributed by atoms with van der Waals surface area (Å²) < 4.78 is 26.5. The molecule has 0 spiro atoms. The van der Waals surface area contributed by atoms with Crippen LogP contribution in [-0.4, -0.2) is 45.5 Å². The number of nitrogens with zero attached hydrogens (tertiary/aromatic N) is 2. The quantitative estimate of drug-likeness (QED) is 0.247. The zero-order chi connectivity index (χ0) is 16.0. The smallest absolute Gasteiger partial charge is 0.270 e. The first-order valence-electron chi connectivity index (χ1n) is 6.75. The molecule has 0 aromatic heterocycles. The van der Waals surface area contributed by atoms with E-state index in [0.717, 1.165) is 25.6 Å². The van der Waals surface area contributed by atoms with E-state index in [2.05, 4.69) is 20.3 Å². The molecule has 0 bridgehead atoms. The Labute approximate surface area is 151 Å². The van der Waals surface area contributed by atoms with Gasteiger partial charge in [-0.3, -0.25) is 15.1 Å². The number of rotatable bonds is 6. The molecule has 0 aliphatic carbocycles. The van der Waals surface area contributed by atoms with E-state index in [1.807, 2.05) is 0 Å². The summed E-state index contributed by atoms with van der Waals surface area (Å²) in [7, 11) is -3.77. The molecule has 11 heteroatoms. The van der Waals surface area contributed by atoms with Crippen LogP contribution in [0.1, 0.15) is 6.42 Å². The highest BCUT2D eigenvalue weighted by molar-refractivity contribution is 14.0. The van der Waals surface area contributed by atoms with Gasteiger partial charge in [-0.05, 0) is 12.5 Å². The van der Waals surface area contributed by atoms with Crippen molar-refractivity contribution < 1.29 is 13.3 Å². The van der Waals surface area contributed by atoms with Crippen LogP contribution >= 0.6 is 24.0 Å². The molecule has 0 amide bonds. The first-order chi connectivity index (χ1) is 10.5. The molecule has 0 fully saturated rings. The van der Waals surface area contributed by atoms with Crippen molar-refractivity contribution >= 4 is 45.6 Å². The third-order valence-corrected chi connectivity index (χ3v) is 4.40. The first kappa shape index (κ1) is 19.6. The molecule has 128 valence electrons. The van der Waals surface area contributed by atoms with Crippen LogP contribution in [-0.2, 0) is 10.0 Å². The van der Waals surface area contributed by atoms with Gasteiger partial charge >= 0.3 is 0 Å². The second-order valence-electron chi connectivity index (χ2n) is 4.59. The third-order valence-electron chi connectivity index (χ3n) is 2.95. The molecular formula is C12H18IN5O4S.